The molecule has 1 aliphatic heterocycles. The molecule has 0 saturated carbocycles. The van der Waals surface area contributed by atoms with Gasteiger partial charge in [0.25, 0.3) is 0 Å². The van der Waals surface area contributed by atoms with Crippen molar-refractivity contribution in [1.29, 1.82) is 0 Å². The predicted octanol–water partition coefficient (Wildman–Crippen LogP) is 4.46. The van der Waals surface area contributed by atoms with Crippen molar-refractivity contribution in [1.82, 2.24) is 9.88 Å². The Morgan fingerprint density at radius 1 is 1.09 bits per heavy atom. The molecule has 0 spiro atoms. The molecular weight excluding hydrogens is 319 g/mol. The first-order chi connectivity index (χ1) is 10.6. The van der Waals surface area contributed by atoms with Crippen LogP contribution in [0.2, 0.25) is 10.0 Å². The Bertz CT molecular complexity index is 616. The van der Waals surface area contributed by atoms with Gasteiger partial charge >= 0.3 is 0 Å². The highest BCUT2D eigenvalue weighted by Gasteiger charge is 2.30. The molecule has 2 heterocycles. The second-order valence-corrected chi connectivity index (χ2v) is 6.63. The fraction of sp³-hybridized carbons (Fsp3) is 0.353. The lowest BCUT2D eigenvalue weighted by molar-refractivity contribution is 0.142. The summed E-state index contributed by atoms with van der Waals surface area (Å²) in [5.41, 5.74) is 1.34. The van der Waals surface area contributed by atoms with Gasteiger partial charge in [-0.25, -0.2) is 4.98 Å². The zero-order valence-corrected chi connectivity index (χ0v) is 13.9. The monoisotopic (exact) mass is 336 g/mol. The molecule has 2 atom stereocenters. The third-order valence-corrected chi connectivity index (χ3v) is 4.56. The smallest absolute Gasteiger partial charge is 0.214 e. The van der Waals surface area contributed by atoms with E-state index in [1.165, 1.54) is 5.56 Å². The Morgan fingerprint density at radius 3 is 2.50 bits per heavy atom. The summed E-state index contributed by atoms with van der Waals surface area (Å²) in [6.07, 6.45) is 1.60. The van der Waals surface area contributed by atoms with Crippen LogP contribution in [-0.4, -0.2) is 29.7 Å². The van der Waals surface area contributed by atoms with Crippen molar-refractivity contribution in [3.63, 3.8) is 0 Å². The van der Waals surface area contributed by atoms with Crippen molar-refractivity contribution < 1.29 is 4.74 Å². The van der Waals surface area contributed by atoms with Crippen LogP contribution < -0.4 is 4.74 Å². The SMILES string of the molecule is CC1CN(COc2ccc(Cl)cn2)CC1c1ccc(Cl)cc1. The lowest BCUT2D eigenvalue weighted by atomic mass is 9.90. The van der Waals surface area contributed by atoms with Gasteiger partial charge < -0.3 is 4.74 Å². The number of likely N-dealkylation sites (tertiary alicyclic amines) is 1. The number of hydrogen-bond acceptors (Lipinski definition) is 3. The summed E-state index contributed by atoms with van der Waals surface area (Å²) in [7, 11) is 0. The molecule has 1 aromatic carbocycles. The first-order valence-corrected chi connectivity index (χ1v) is 8.09. The molecule has 1 fully saturated rings. The quantitative estimate of drug-likeness (QED) is 0.824. The highest BCUT2D eigenvalue weighted by atomic mass is 35.5. The summed E-state index contributed by atoms with van der Waals surface area (Å²) in [6, 6.07) is 11.7. The van der Waals surface area contributed by atoms with E-state index in [4.69, 9.17) is 27.9 Å². The third kappa shape index (κ3) is 3.72. The Balaban J connectivity index is 1.58. The Kier molecular flexibility index (Phi) is 4.87. The normalized spacial score (nSPS) is 22.0. The molecule has 2 unspecified atom stereocenters. The average molecular weight is 337 g/mol. The minimum absolute atomic E-state index is 0.513. The molecule has 116 valence electrons. The second-order valence-electron chi connectivity index (χ2n) is 5.76. The maximum atomic E-state index is 5.97. The van der Waals surface area contributed by atoms with E-state index in [2.05, 4.69) is 28.9 Å². The zero-order valence-electron chi connectivity index (χ0n) is 12.4. The molecule has 3 rings (SSSR count). The van der Waals surface area contributed by atoms with Gasteiger partial charge in [-0.2, -0.15) is 0 Å². The minimum atomic E-state index is 0.513. The van der Waals surface area contributed by atoms with E-state index < -0.39 is 0 Å². The number of hydrogen-bond donors (Lipinski definition) is 0. The van der Waals surface area contributed by atoms with Crippen LogP contribution in [0.3, 0.4) is 0 Å². The molecule has 0 amide bonds. The molecule has 1 aromatic heterocycles. The predicted molar refractivity (Wildman–Crippen MR) is 89.7 cm³/mol. The molecule has 3 nitrogen and oxygen atoms in total. The molecule has 22 heavy (non-hydrogen) atoms. The van der Waals surface area contributed by atoms with Gasteiger partial charge in [-0.3, -0.25) is 4.90 Å². The highest BCUT2D eigenvalue weighted by Crippen LogP contribution is 2.32. The van der Waals surface area contributed by atoms with Gasteiger partial charge in [0.2, 0.25) is 5.88 Å². The Hall–Kier alpha value is -1.29. The van der Waals surface area contributed by atoms with E-state index in [1.54, 1.807) is 18.3 Å². The first-order valence-electron chi connectivity index (χ1n) is 7.34. The van der Waals surface area contributed by atoms with E-state index in [9.17, 15) is 0 Å². The van der Waals surface area contributed by atoms with E-state index >= 15 is 0 Å². The van der Waals surface area contributed by atoms with E-state index in [0.717, 1.165) is 18.1 Å². The second kappa shape index (κ2) is 6.86. The number of nitrogens with zero attached hydrogens (tertiary/aromatic N) is 2. The molecule has 0 N–H and O–H groups in total. The Labute approximate surface area is 140 Å². The lowest BCUT2D eigenvalue weighted by Gasteiger charge is -2.16. The molecule has 2 aromatic rings. The molecule has 0 radical (unpaired) electrons. The van der Waals surface area contributed by atoms with Crippen molar-refractivity contribution in [2.45, 2.75) is 12.8 Å². The summed E-state index contributed by atoms with van der Waals surface area (Å²) >= 11 is 11.8. The number of aromatic nitrogens is 1. The van der Waals surface area contributed by atoms with Crippen LogP contribution >= 0.6 is 23.2 Å². The lowest BCUT2D eigenvalue weighted by Crippen LogP contribution is -2.26. The zero-order chi connectivity index (χ0) is 15.5. The van der Waals surface area contributed by atoms with E-state index in [1.807, 2.05) is 12.1 Å². The van der Waals surface area contributed by atoms with Crippen LogP contribution in [0.25, 0.3) is 0 Å². The summed E-state index contributed by atoms with van der Waals surface area (Å²) in [6.45, 7) is 4.82. The third-order valence-electron chi connectivity index (χ3n) is 4.08. The topological polar surface area (TPSA) is 25.4 Å². The van der Waals surface area contributed by atoms with Gasteiger partial charge in [0.15, 0.2) is 0 Å². The number of rotatable bonds is 4. The van der Waals surface area contributed by atoms with Gasteiger partial charge in [0.1, 0.15) is 6.73 Å². The number of ether oxygens (including phenoxy) is 1. The van der Waals surface area contributed by atoms with Gasteiger partial charge in [-0.1, -0.05) is 42.3 Å². The van der Waals surface area contributed by atoms with Crippen LogP contribution in [0.15, 0.2) is 42.6 Å². The number of benzene rings is 1. The highest BCUT2D eigenvalue weighted by molar-refractivity contribution is 6.30. The van der Waals surface area contributed by atoms with Gasteiger partial charge in [-0.05, 0) is 29.7 Å². The van der Waals surface area contributed by atoms with Crippen LogP contribution in [-0.2, 0) is 0 Å². The fourth-order valence-corrected chi connectivity index (χ4v) is 3.16. The van der Waals surface area contributed by atoms with Crippen molar-refractivity contribution in [3.8, 4) is 5.88 Å². The van der Waals surface area contributed by atoms with Crippen molar-refractivity contribution in [2.24, 2.45) is 5.92 Å². The molecule has 0 bridgehead atoms. The Morgan fingerprint density at radius 2 is 1.82 bits per heavy atom. The number of pyridine rings is 1. The van der Waals surface area contributed by atoms with Crippen molar-refractivity contribution in [3.05, 3.63) is 58.2 Å². The standard InChI is InChI=1S/C17H18Cl2N2O/c1-12-9-21(11-22-17-7-6-15(19)8-20-17)10-16(12)13-2-4-14(18)5-3-13/h2-8,12,16H,9-11H2,1H3. The van der Waals surface area contributed by atoms with E-state index in [0.29, 0.717) is 29.5 Å². The van der Waals surface area contributed by atoms with E-state index in [-0.39, 0.29) is 0 Å². The van der Waals surface area contributed by atoms with Crippen LogP contribution in [0.4, 0.5) is 0 Å². The average Bonchev–Trinajstić information content (AvgIpc) is 2.89. The fourth-order valence-electron chi connectivity index (χ4n) is 2.92. The molecular formula is C17H18Cl2N2O. The van der Waals surface area contributed by atoms with Crippen LogP contribution in [0.1, 0.15) is 18.4 Å². The van der Waals surface area contributed by atoms with Gasteiger partial charge in [0, 0.05) is 36.3 Å². The first kappa shape index (κ1) is 15.6. The van der Waals surface area contributed by atoms with Crippen molar-refractivity contribution in [2.75, 3.05) is 19.8 Å². The summed E-state index contributed by atoms with van der Waals surface area (Å²) < 4.78 is 5.73. The van der Waals surface area contributed by atoms with Gasteiger partial charge in [0.05, 0.1) is 5.02 Å². The maximum absolute atomic E-state index is 5.97. The summed E-state index contributed by atoms with van der Waals surface area (Å²) in [4.78, 5) is 6.46. The summed E-state index contributed by atoms with van der Waals surface area (Å²) in [5.74, 6) is 1.70. The molecule has 0 aliphatic carbocycles. The molecule has 1 saturated heterocycles. The number of halogens is 2. The van der Waals surface area contributed by atoms with Crippen LogP contribution in [0.5, 0.6) is 5.88 Å². The molecule has 5 heteroatoms. The minimum Gasteiger partial charge on any atom is -0.461 e. The largest absolute Gasteiger partial charge is 0.461 e. The molecule has 1 aliphatic rings. The van der Waals surface area contributed by atoms with Gasteiger partial charge in [-0.15, -0.1) is 0 Å². The maximum Gasteiger partial charge on any atom is 0.214 e. The summed E-state index contributed by atoms with van der Waals surface area (Å²) in [5, 5.41) is 1.40. The van der Waals surface area contributed by atoms with Crippen molar-refractivity contribution >= 4 is 23.2 Å². The van der Waals surface area contributed by atoms with Crippen LogP contribution in [0, 0.1) is 5.92 Å².